The van der Waals surface area contributed by atoms with E-state index in [1.807, 2.05) is 12.1 Å². The molecular formula is C11H16O. The number of rotatable bonds is 1. The molecule has 0 amide bonds. The summed E-state index contributed by atoms with van der Waals surface area (Å²) in [5.41, 5.74) is 2.58. The summed E-state index contributed by atoms with van der Waals surface area (Å²) in [5.74, 6) is 0.933. The largest absolute Gasteiger partial charge is 0.497 e. The number of hydrogen-bond donors (Lipinski definition) is 0. The molecule has 0 N–H and O–H groups in total. The van der Waals surface area contributed by atoms with Crippen LogP contribution in [0.25, 0.3) is 0 Å². The zero-order valence-electron chi connectivity index (χ0n) is 8.05. The molecule has 0 fully saturated rings. The first-order valence-corrected chi connectivity index (χ1v) is 3.85. The van der Waals surface area contributed by atoms with Gasteiger partial charge in [0.2, 0.25) is 0 Å². The average Bonchev–Trinajstić information content (AvgIpc) is 2.13. The third-order valence-corrected chi connectivity index (χ3v) is 1.71. The summed E-state index contributed by atoms with van der Waals surface area (Å²) in [6.07, 6.45) is 0. The highest BCUT2D eigenvalue weighted by atomic mass is 16.5. The molecule has 12 heavy (non-hydrogen) atoms. The van der Waals surface area contributed by atoms with Crippen LogP contribution in [0.3, 0.4) is 0 Å². The Morgan fingerprint density at radius 1 is 1.08 bits per heavy atom. The molecule has 1 aromatic carbocycles. The van der Waals surface area contributed by atoms with Crippen molar-refractivity contribution in [3.05, 3.63) is 42.5 Å². The van der Waals surface area contributed by atoms with Crippen molar-refractivity contribution >= 4 is 0 Å². The number of hydrogen-bond acceptors (Lipinski definition) is 1. The van der Waals surface area contributed by atoms with Gasteiger partial charge in [-0.2, -0.15) is 0 Å². The molecule has 66 valence electrons. The molecule has 1 heteroatoms. The van der Waals surface area contributed by atoms with Crippen molar-refractivity contribution in [1.82, 2.24) is 0 Å². The van der Waals surface area contributed by atoms with E-state index in [4.69, 9.17) is 4.74 Å². The van der Waals surface area contributed by atoms with Gasteiger partial charge in [0.25, 0.3) is 0 Å². The van der Waals surface area contributed by atoms with Crippen molar-refractivity contribution in [1.29, 1.82) is 0 Å². The fraction of sp³-hybridized carbons (Fsp3) is 0.273. The summed E-state index contributed by atoms with van der Waals surface area (Å²) in [7, 11) is 1.68. The van der Waals surface area contributed by atoms with Gasteiger partial charge in [-0.05, 0) is 37.1 Å². The predicted molar refractivity (Wildman–Crippen MR) is 53.7 cm³/mol. The molecule has 1 rings (SSSR count). The Kier molecular flexibility index (Phi) is 4.86. The first-order valence-electron chi connectivity index (χ1n) is 3.85. The maximum Gasteiger partial charge on any atom is 0.119 e. The van der Waals surface area contributed by atoms with Crippen molar-refractivity contribution in [3.63, 3.8) is 0 Å². The lowest BCUT2D eigenvalue weighted by Crippen LogP contribution is -1.85. The van der Waals surface area contributed by atoms with Gasteiger partial charge in [0.1, 0.15) is 5.75 Å². The Bertz CT molecular complexity index is 241. The van der Waals surface area contributed by atoms with Crippen molar-refractivity contribution in [2.75, 3.05) is 7.11 Å². The molecule has 0 spiro atoms. The first kappa shape index (κ1) is 10.8. The van der Waals surface area contributed by atoms with E-state index in [1.54, 1.807) is 7.11 Å². The second-order valence-corrected chi connectivity index (χ2v) is 2.45. The molecule has 0 saturated carbocycles. The van der Waals surface area contributed by atoms with E-state index in [-0.39, 0.29) is 0 Å². The molecule has 0 bridgehead atoms. The number of methoxy groups -OCH3 is 1. The van der Waals surface area contributed by atoms with Crippen LogP contribution in [0.4, 0.5) is 0 Å². The Hall–Kier alpha value is -1.24. The summed E-state index contributed by atoms with van der Waals surface area (Å²) in [4.78, 5) is 0. The van der Waals surface area contributed by atoms with Crippen LogP contribution in [0, 0.1) is 13.8 Å². The van der Waals surface area contributed by atoms with Gasteiger partial charge in [-0.15, -0.1) is 13.2 Å². The lowest BCUT2D eigenvalue weighted by atomic mass is 10.1. The molecule has 1 aromatic rings. The topological polar surface area (TPSA) is 9.23 Å². The Morgan fingerprint density at radius 2 is 1.67 bits per heavy atom. The fourth-order valence-corrected chi connectivity index (χ4v) is 0.841. The predicted octanol–water partition coefficient (Wildman–Crippen LogP) is 3.11. The number of ether oxygens (including phenoxy) is 1. The minimum absolute atomic E-state index is 0.933. The van der Waals surface area contributed by atoms with E-state index in [0.29, 0.717) is 0 Å². The van der Waals surface area contributed by atoms with Crippen LogP contribution in [-0.4, -0.2) is 7.11 Å². The Labute approximate surface area is 74.7 Å². The third kappa shape index (κ3) is 2.79. The highest BCUT2D eigenvalue weighted by molar-refractivity contribution is 5.33. The smallest absolute Gasteiger partial charge is 0.119 e. The summed E-state index contributed by atoms with van der Waals surface area (Å²) < 4.78 is 5.05. The van der Waals surface area contributed by atoms with Gasteiger partial charge in [-0.3, -0.25) is 0 Å². The lowest BCUT2D eigenvalue weighted by molar-refractivity contribution is 0.414. The van der Waals surface area contributed by atoms with Gasteiger partial charge in [0.05, 0.1) is 7.11 Å². The maximum absolute atomic E-state index is 5.05. The van der Waals surface area contributed by atoms with E-state index >= 15 is 0 Å². The van der Waals surface area contributed by atoms with Crippen molar-refractivity contribution in [2.45, 2.75) is 13.8 Å². The Morgan fingerprint density at radius 3 is 2.08 bits per heavy atom. The van der Waals surface area contributed by atoms with Gasteiger partial charge < -0.3 is 4.74 Å². The van der Waals surface area contributed by atoms with Crippen LogP contribution in [-0.2, 0) is 0 Å². The fourth-order valence-electron chi connectivity index (χ4n) is 0.841. The lowest BCUT2D eigenvalue weighted by Gasteiger charge is -2.02. The monoisotopic (exact) mass is 164 g/mol. The quantitative estimate of drug-likeness (QED) is 0.579. The summed E-state index contributed by atoms with van der Waals surface area (Å²) in [6.45, 7) is 10.2. The highest BCUT2D eigenvalue weighted by Crippen LogP contribution is 2.15. The van der Waals surface area contributed by atoms with Crippen LogP contribution in [0.5, 0.6) is 5.75 Å². The molecule has 0 saturated heterocycles. The van der Waals surface area contributed by atoms with E-state index in [0.717, 1.165) is 5.75 Å². The van der Waals surface area contributed by atoms with Crippen molar-refractivity contribution in [2.24, 2.45) is 0 Å². The third-order valence-electron chi connectivity index (χ3n) is 1.71. The zero-order valence-corrected chi connectivity index (χ0v) is 8.05. The van der Waals surface area contributed by atoms with E-state index in [2.05, 4.69) is 33.1 Å². The molecule has 0 aliphatic rings. The molecule has 0 aliphatic heterocycles. The number of aryl methyl sites for hydroxylation is 2. The average molecular weight is 164 g/mol. The van der Waals surface area contributed by atoms with Gasteiger partial charge in [-0.1, -0.05) is 6.07 Å². The number of benzene rings is 1. The van der Waals surface area contributed by atoms with Crippen LogP contribution < -0.4 is 4.74 Å². The van der Waals surface area contributed by atoms with Gasteiger partial charge in [0, 0.05) is 0 Å². The van der Waals surface area contributed by atoms with E-state index < -0.39 is 0 Å². The van der Waals surface area contributed by atoms with Crippen LogP contribution in [0.2, 0.25) is 0 Å². The highest BCUT2D eigenvalue weighted by Gasteiger charge is 1.93. The summed E-state index contributed by atoms with van der Waals surface area (Å²) in [6, 6.07) is 6.08. The standard InChI is InChI=1S/C9H12O.C2H4/c1-7-4-5-9(10-3)6-8(7)2;1-2/h4-6H,1-3H3;1-2H2. The normalized spacial score (nSPS) is 8.25. The molecule has 0 unspecified atom stereocenters. The second kappa shape index (κ2) is 5.42. The van der Waals surface area contributed by atoms with Gasteiger partial charge in [-0.25, -0.2) is 0 Å². The molecule has 0 heterocycles. The summed E-state index contributed by atoms with van der Waals surface area (Å²) in [5, 5.41) is 0. The van der Waals surface area contributed by atoms with Crippen LogP contribution in [0.1, 0.15) is 11.1 Å². The molecule has 0 aromatic heterocycles. The Balaban J connectivity index is 0.000000561. The van der Waals surface area contributed by atoms with Gasteiger partial charge >= 0.3 is 0 Å². The molecule has 1 nitrogen and oxygen atoms in total. The molecule has 0 radical (unpaired) electrons. The van der Waals surface area contributed by atoms with Gasteiger partial charge in [0.15, 0.2) is 0 Å². The molecule has 0 atom stereocenters. The SMILES string of the molecule is C=C.COc1ccc(C)c(C)c1. The van der Waals surface area contributed by atoms with Crippen molar-refractivity contribution < 1.29 is 4.74 Å². The maximum atomic E-state index is 5.05. The molecular weight excluding hydrogens is 148 g/mol. The van der Waals surface area contributed by atoms with E-state index in [1.165, 1.54) is 11.1 Å². The van der Waals surface area contributed by atoms with Crippen LogP contribution in [0.15, 0.2) is 31.4 Å². The zero-order chi connectivity index (χ0) is 9.56. The first-order chi connectivity index (χ1) is 5.74. The van der Waals surface area contributed by atoms with Crippen LogP contribution >= 0.6 is 0 Å². The van der Waals surface area contributed by atoms with E-state index in [9.17, 15) is 0 Å². The molecule has 0 aliphatic carbocycles. The van der Waals surface area contributed by atoms with Crippen molar-refractivity contribution in [3.8, 4) is 5.75 Å². The second-order valence-electron chi connectivity index (χ2n) is 2.45. The minimum atomic E-state index is 0.933. The minimum Gasteiger partial charge on any atom is -0.497 e. The summed E-state index contributed by atoms with van der Waals surface area (Å²) >= 11 is 0.